The average Bonchev–Trinajstić information content (AvgIpc) is 2.39. The third-order valence-electron chi connectivity index (χ3n) is 2.49. The molecule has 3 nitrogen and oxygen atoms in total. The second kappa shape index (κ2) is 10.5. The van der Waals surface area contributed by atoms with Crippen LogP contribution < -0.4 is 0 Å². The van der Waals surface area contributed by atoms with Crippen molar-refractivity contribution < 1.29 is 14.3 Å². The molecule has 0 saturated carbocycles. The van der Waals surface area contributed by atoms with Gasteiger partial charge in [0.2, 0.25) is 0 Å². The average molecular weight is 250 g/mol. The van der Waals surface area contributed by atoms with Gasteiger partial charge < -0.3 is 9.47 Å². The second-order valence-corrected chi connectivity index (χ2v) is 3.87. The minimum absolute atomic E-state index is 0.0833. The van der Waals surface area contributed by atoms with Crippen molar-refractivity contribution in [3.05, 3.63) is 0 Å². The van der Waals surface area contributed by atoms with Gasteiger partial charge in [0.1, 0.15) is 13.2 Å². The molecule has 100 valence electrons. The third kappa shape index (κ3) is 7.63. The van der Waals surface area contributed by atoms with E-state index >= 15 is 0 Å². The molecule has 0 aliphatic heterocycles. The summed E-state index contributed by atoms with van der Waals surface area (Å²) in [6.07, 6.45) is 1.07. The van der Waals surface area contributed by atoms with E-state index in [4.69, 9.17) is 9.47 Å². The Hall–Kier alpha value is -1.61. The highest BCUT2D eigenvalue weighted by molar-refractivity contribution is 5.59. The van der Waals surface area contributed by atoms with Crippen molar-refractivity contribution in [2.75, 3.05) is 13.2 Å². The van der Waals surface area contributed by atoms with Crippen molar-refractivity contribution >= 4 is 6.16 Å². The van der Waals surface area contributed by atoms with Gasteiger partial charge in [0.05, 0.1) is 11.8 Å². The molecule has 0 aromatic rings. The molecule has 0 aliphatic rings. The van der Waals surface area contributed by atoms with Crippen molar-refractivity contribution in [3.8, 4) is 23.7 Å². The van der Waals surface area contributed by atoms with Crippen molar-refractivity contribution in [1.82, 2.24) is 0 Å². The molecule has 18 heavy (non-hydrogen) atoms. The number of ether oxygens (including phenoxy) is 2. The molecular formula is C15H22O3. The van der Waals surface area contributed by atoms with E-state index in [-0.39, 0.29) is 25.0 Å². The van der Waals surface area contributed by atoms with E-state index in [1.165, 1.54) is 0 Å². The number of hydrogen-bond donors (Lipinski definition) is 0. The Balaban J connectivity index is 3.94. The minimum Gasteiger partial charge on any atom is -0.433 e. The van der Waals surface area contributed by atoms with Gasteiger partial charge in [0.25, 0.3) is 0 Å². The first-order valence-electron chi connectivity index (χ1n) is 6.31. The van der Waals surface area contributed by atoms with Gasteiger partial charge in [0.15, 0.2) is 0 Å². The van der Waals surface area contributed by atoms with Crippen molar-refractivity contribution in [3.63, 3.8) is 0 Å². The predicted molar refractivity (Wildman–Crippen MR) is 71.8 cm³/mol. The highest BCUT2D eigenvalue weighted by atomic mass is 16.7. The van der Waals surface area contributed by atoms with E-state index in [9.17, 15) is 4.79 Å². The Morgan fingerprint density at radius 2 is 1.33 bits per heavy atom. The Morgan fingerprint density at radius 1 is 0.944 bits per heavy atom. The first-order chi connectivity index (χ1) is 8.67. The summed E-state index contributed by atoms with van der Waals surface area (Å²) in [7, 11) is 0. The van der Waals surface area contributed by atoms with Gasteiger partial charge >= 0.3 is 6.16 Å². The van der Waals surface area contributed by atoms with Crippen LogP contribution in [0.25, 0.3) is 0 Å². The summed E-state index contributed by atoms with van der Waals surface area (Å²) < 4.78 is 10.0. The summed E-state index contributed by atoms with van der Waals surface area (Å²) in [5.41, 5.74) is 0. The summed E-state index contributed by atoms with van der Waals surface area (Å²) in [6.45, 7) is 8.13. The molecule has 0 radical (unpaired) electrons. The number of rotatable bonds is 6. The molecule has 0 aromatic carbocycles. The molecule has 0 aromatic heterocycles. The quantitative estimate of drug-likeness (QED) is 0.536. The lowest BCUT2D eigenvalue weighted by atomic mass is 10.1. The Morgan fingerprint density at radius 3 is 1.61 bits per heavy atom. The maximum Gasteiger partial charge on any atom is 0.508 e. The van der Waals surface area contributed by atoms with Crippen LogP contribution in [0.4, 0.5) is 4.79 Å². The number of carbonyl (C=O) groups is 1. The predicted octanol–water partition coefficient (Wildman–Crippen LogP) is 3.24. The molecule has 0 fully saturated rings. The first kappa shape index (κ1) is 16.4. The van der Waals surface area contributed by atoms with Gasteiger partial charge in [0, 0.05) is 0 Å². The highest BCUT2D eigenvalue weighted by Gasteiger charge is 2.11. The molecule has 2 unspecified atom stereocenters. The molecule has 0 heterocycles. The summed E-state index contributed by atoms with van der Waals surface area (Å²) in [5, 5.41) is 0. The molecule has 0 N–H and O–H groups in total. The molecule has 0 spiro atoms. The second-order valence-electron chi connectivity index (χ2n) is 3.87. The lowest BCUT2D eigenvalue weighted by Crippen LogP contribution is -2.17. The van der Waals surface area contributed by atoms with E-state index in [1.807, 2.05) is 13.8 Å². The van der Waals surface area contributed by atoms with E-state index in [0.717, 1.165) is 12.8 Å². The van der Waals surface area contributed by atoms with Gasteiger partial charge in [-0.25, -0.2) is 4.79 Å². The van der Waals surface area contributed by atoms with E-state index in [2.05, 4.69) is 23.7 Å². The number of carbonyl (C=O) groups excluding carboxylic acids is 1. The van der Waals surface area contributed by atoms with Crippen LogP contribution in [0.1, 0.15) is 40.5 Å². The lowest BCUT2D eigenvalue weighted by Gasteiger charge is -2.11. The van der Waals surface area contributed by atoms with E-state index < -0.39 is 6.16 Å². The van der Waals surface area contributed by atoms with Crippen molar-refractivity contribution in [2.24, 2.45) is 11.8 Å². The van der Waals surface area contributed by atoms with Crippen molar-refractivity contribution in [2.45, 2.75) is 40.5 Å². The van der Waals surface area contributed by atoms with E-state index in [0.29, 0.717) is 0 Å². The van der Waals surface area contributed by atoms with Crippen LogP contribution in [0.15, 0.2) is 0 Å². The van der Waals surface area contributed by atoms with Crippen LogP contribution in [-0.2, 0) is 9.47 Å². The fourth-order valence-corrected chi connectivity index (χ4v) is 1.31. The fourth-order valence-electron chi connectivity index (χ4n) is 1.31. The smallest absolute Gasteiger partial charge is 0.433 e. The topological polar surface area (TPSA) is 35.5 Å². The summed E-state index contributed by atoms with van der Waals surface area (Å²) >= 11 is 0. The minimum atomic E-state index is -0.636. The molecule has 0 rings (SSSR count). The Kier molecular flexibility index (Phi) is 9.60. The molecule has 3 heteroatoms. The lowest BCUT2D eigenvalue weighted by molar-refractivity contribution is 0.0430. The van der Waals surface area contributed by atoms with Crippen LogP contribution in [0, 0.1) is 35.5 Å². The maximum atomic E-state index is 11.4. The Labute approximate surface area is 110 Å². The number of hydrogen-bond acceptors (Lipinski definition) is 3. The van der Waals surface area contributed by atoms with Crippen LogP contribution in [0.3, 0.4) is 0 Å². The summed E-state index contributed by atoms with van der Waals surface area (Å²) in [5.74, 6) is 11.8. The SMILES string of the molecule is CC#CC(CC)COC(=O)OCC(C#CC)CC. The summed E-state index contributed by atoms with van der Waals surface area (Å²) in [4.78, 5) is 11.4. The van der Waals surface area contributed by atoms with Crippen LogP contribution in [0.5, 0.6) is 0 Å². The monoisotopic (exact) mass is 250 g/mol. The van der Waals surface area contributed by atoms with Crippen LogP contribution >= 0.6 is 0 Å². The summed E-state index contributed by atoms with van der Waals surface area (Å²) in [6, 6.07) is 0. The van der Waals surface area contributed by atoms with Gasteiger partial charge in [-0.1, -0.05) is 25.7 Å². The molecule has 0 amide bonds. The zero-order valence-electron chi connectivity index (χ0n) is 11.7. The Bertz CT molecular complexity index is 317. The normalized spacial score (nSPS) is 12.2. The first-order valence-corrected chi connectivity index (χ1v) is 6.31. The standard InChI is InChI=1S/C15H22O3/c1-5-9-13(7-3)11-17-15(16)18-12-14(8-4)10-6-2/h13-14H,7-8,11-12H2,1-4H3. The molecule has 0 aliphatic carbocycles. The van der Waals surface area contributed by atoms with Gasteiger partial charge in [-0.2, -0.15) is 0 Å². The third-order valence-corrected chi connectivity index (χ3v) is 2.49. The van der Waals surface area contributed by atoms with Crippen LogP contribution in [0.2, 0.25) is 0 Å². The van der Waals surface area contributed by atoms with Gasteiger partial charge in [-0.05, 0) is 26.7 Å². The van der Waals surface area contributed by atoms with Gasteiger partial charge in [-0.15, -0.1) is 11.8 Å². The van der Waals surface area contributed by atoms with Crippen molar-refractivity contribution in [1.29, 1.82) is 0 Å². The van der Waals surface area contributed by atoms with E-state index in [1.54, 1.807) is 13.8 Å². The molecular weight excluding hydrogens is 228 g/mol. The highest BCUT2D eigenvalue weighted by Crippen LogP contribution is 2.05. The molecule has 2 atom stereocenters. The zero-order chi connectivity index (χ0) is 13.8. The molecule has 0 bridgehead atoms. The molecule has 0 saturated heterocycles. The maximum absolute atomic E-state index is 11.4. The fraction of sp³-hybridized carbons (Fsp3) is 0.667. The van der Waals surface area contributed by atoms with Gasteiger partial charge in [-0.3, -0.25) is 0 Å². The zero-order valence-corrected chi connectivity index (χ0v) is 11.7. The largest absolute Gasteiger partial charge is 0.508 e. The van der Waals surface area contributed by atoms with Crippen LogP contribution in [-0.4, -0.2) is 19.4 Å².